The Bertz CT molecular complexity index is 801. The summed E-state index contributed by atoms with van der Waals surface area (Å²) in [7, 11) is -2.02. The van der Waals surface area contributed by atoms with Gasteiger partial charge in [-0.3, -0.25) is 4.68 Å². The number of hydrogen-bond donors (Lipinski definition) is 0. The highest BCUT2D eigenvalue weighted by atomic mass is 32.2. The third-order valence-electron chi connectivity index (χ3n) is 2.76. The third-order valence-corrected chi connectivity index (χ3v) is 4.65. The summed E-state index contributed by atoms with van der Waals surface area (Å²) < 4.78 is 26.8. The second-order valence-corrected chi connectivity index (χ2v) is 7.67. The Kier molecular flexibility index (Phi) is 3.93. The number of hydrogen-bond acceptors (Lipinski definition) is 3. The van der Waals surface area contributed by atoms with Gasteiger partial charge in [-0.15, -0.1) is 0 Å². The summed E-state index contributed by atoms with van der Waals surface area (Å²) in [5.74, 6) is 5.99. The van der Waals surface area contributed by atoms with E-state index in [1.807, 2.05) is 20.8 Å². The fourth-order valence-corrected chi connectivity index (χ4v) is 3.32. The molecule has 0 saturated heterocycles. The lowest BCUT2D eigenvalue weighted by Crippen LogP contribution is -2.10. The normalized spacial score (nSPS) is 11.8. The standard InChI is InChI=1S/C16H18N2O2S/c1-16(2,3)11-10-13-12-17-18(4)15(13)21(19,20)14-8-6-5-7-9-14/h5-9,12H,1-4H3. The molecule has 0 bridgehead atoms. The number of benzene rings is 1. The Balaban J connectivity index is 2.60. The Labute approximate surface area is 125 Å². The largest absolute Gasteiger partial charge is 0.256 e. The van der Waals surface area contributed by atoms with Gasteiger partial charge in [0.05, 0.1) is 16.7 Å². The van der Waals surface area contributed by atoms with Crippen LogP contribution in [0.4, 0.5) is 0 Å². The van der Waals surface area contributed by atoms with Gasteiger partial charge in [-0.2, -0.15) is 5.10 Å². The summed E-state index contributed by atoms with van der Waals surface area (Å²) in [5, 5.41) is 4.17. The van der Waals surface area contributed by atoms with E-state index in [-0.39, 0.29) is 15.3 Å². The van der Waals surface area contributed by atoms with Crippen LogP contribution in [-0.2, 0) is 16.9 Å². The van der Waals surface area contributed by atoms with Gasteiger partial charge in [0.2, 0.25) is 9.84 Å². The minimum Gasteiger partial charge on any atom is -0.256 e. The fraction of sp³-hybridized carbons (Fsp3) is 0.312. The van der Waals surface area contributed by atoms with Gasteiger partial charge in [-0.25, -0.2) is 8.42 Å². The van der Waals surface area contributed by atoms with E-state index in [9.17, 15) is 8.42 Å². The van der Waals surface area contributed by atoms with Crippen LogP contribution < -0.4 is 0 Å². The van der Waals surface area contributed by atoms with Gasteiger partial charge < -0.3 is 0 Å². The predicted molar refractivity (Wildman–Crippen MR) is 81.4 cm³/mol. The molecule has 0 aliphatic heterocycles. The summed E-state index contributed by atoms with van der Waals surface area (Å²) in [6, 6.07) is 8.32. The Hall–Kier alpha value is -2.06. The molecule has 0 aliphatic rings. The molecule has 1 heterocycles. The average molecular weight is 302 g/mol. The van der Waals surface area contributed by atoms with Crippen molar-refractivity contribution in [3.63, 3.8) is 0 Å². The fourth-order valence-electron chi connectivity index (χ4n) is 1.80. The maximum absolute atomic E-state index is 12.7. The van der Waals surface area contributed by atoms with Crippen molar-refractivity contribution >= 4 is 9.84 Å². The summed E-state index contributed by atoms with van der Waals surface area (Å²) in [6.07, 6.45) is 1.49. The molecule has 0 N–H and O–H groups in total. The predicted octanol–water partition coefficient (Wildman–Crippen LogP) is 2.65. The SMILES string of the molecule is Cn1ncc(C#CC(C)(C)C)c1S(=O)(=O)c1ccccc1. The molecule has 1 aromatic carbocycles. The lowest BCUT2D eigenvalue weighted by molar-refractivity contribution is 0.569. The van der Waals surface area contributed by atoms with Crippen molar-refractivity contribution in [3.8, 4) is 11.8 Å². The van der Waals surface area contributed by atoms with Crippen LogP contribution in [0.3, 0.4) is 0 Å². The van der Waals surface area contributed by atoms with Gasteiger partial charge >= 0.3 is 0 Å². The minimum absolute atomic E-state index is 0.130. The molecule has 0 saturated carbocycles. The third kappa shape index (κ3) is 3.34. The molecule has 110 valence electrons. The molecule has 0 fully saturated rings. The van der Waals surface area contributed by atoms with Gasteiger partial charge in [0, 0.05) is 12.5 Å². The summed E-state index contributed by atoms with van der Waals surface area (Å²) in [6.45, 7) is 5.92. The first kappa shape index (κ1) is 15.3. The van der Waals surface area contributed by atoms with E-state index in [0.29, 0.717) is 5.56 Å². The Morgan fingerprint density at radius 3 is 2.33 bits per heavy atom. The van der Waals surface area contributed by atoms with Crippen LogP contribution >= 0.6 is 0 Å². The quantitative estimate of drug-likeness (QED) is 0.801. The molecule has 4 nitrogen and oxygen atoms in total. The highest BCUT2D eigenvalue weighted by molar-refractivity contribution is 7.91. The van der Waals surface area contributed by atoms with Crippen LogP contribution in [0.1, 0.15) is 26.3 Å². The smallest absolute Gasteiger partial charge is 0.224 e. The zero-order valence-electron chi connectivity index (χ0n) is 12.6. The van der Waals surface area contributed by atoms with Crippen LogP contribution in [0.2, 0.25) is 0 Å². The van der Waals surface area contributed by atoms with E-state index in [2.05, 4.69) is 16.9 Å². The van der Waals surface area contributed by atoms with E-state index in [1.54, 1.807) is 37.4 Å². The van der Waals surface area contributed by atoms with Crippen molar-refractivity contribution < 1.29 is 8.42 Å². The van der Waals surface area contributed by atoms with Crippen LogP contribution in [0.25, 0.3) is 0 Å². The molecule has 0 radical (unpaired) electrons. The van der Waals surface area contributed by atoms with E-state index in [4.69, 9.17) is 0 Å². The highest BCUT2D eigenvalue weighted by Crippen LogP contribution is 2.23. The number of rotatable bonds is 2. The molecule has 2 aromatic rings. The van der Waals surface area contributed by atoms with Crippen molar-refractivity contribution in [2.75, 3.05) is 0 Å². The second kappa shape index (κ2) is 5.38. The van der Waals surface area contributed by atoms with Gasteiger partial charge in [-0.05, 0) is 32.9 Å². The lowest BCUT2D eigenvalue weighted by Gasteiger charge is -2.08. The molecule has 0 aliphatic carbocycles. The first-order chi connectivity index (χ1) is 9.72. The summed E-state index contributed by atoms with van der Waals surface area (Å²) >= 11 is 0. The van der Waals surface area contributed by atoms with Crippen LogP contribution in [0, 0.1) is 17.3 Å². The van der Waals surface area contributed by atoms with Gasteiger partial charge in [0.15, 0.2) is 5.03 Å². The van der Waals surface area contributed by atoms with Crippen molar-refractivity contribution in [2.24, 2.45) is 12.5 Å². The van der Waals surface area contributed by atoms with E-state index >= 15 is 0 Å². The van der Waals surface area contributed by atoms with Crippen molar-refractivity contribution in [1.82, 2.24) is 9.78 Å². The van der Waals surface area contributed by atoms with Gasteiger partial charge in [0.1, 0.15) is 0 Å². The van der Waals surface area contributed by atoms with Crippen molar-refractivity contribution in [2.45, 2.75) is 30.7 Å². The topological polar surface area (TPSA) is 52.0 Å². The zero-order valence-corrected chi connectivity index (χ0v) is 13.4. The number of nitrogens with zero attached hydrogens (tertiary/aromatic N) is 2. The maximum Gasteiger partial charge on any atom is 0.224 e. The molecule has 1 aromatic heterocycles. The molecular formula is C16H18N2O2S. The molecular weight excluding hydrogens is 284 g/mol. The monoisotopic (exact) mass is 302 g/mol. The summed E-state index contributed by atoms with van der Waals surface area (Å²) in [4.78, 5) is 0.243. The van der Waals surface area contributed by atoms with Crippen LogP contribution in [0.5, 0.6) is 0 Å². The molecule has 2 rings (SSSR count). The minimum atomic E-state index is -3.63. The van der Waals surface area contributed by atoms with Crippen molar-refractivity contribution in [3.05, 3.63) is 42.1 Å². The number of sulfone groups is 1. The highest BCUT2D eigenvalue weighted by Gasteiger charge is 2.25. The average Bonchev–Trinajstić information content (AvgIpc) is 2.78. The molecule has 21 heavy (non-hydrogen) atoms. The lowest BCUT2D eigenvalue weighted by atomic mass is 9.98. The maximum atomic E-state index is 12.7. The van der Waals surface area contributed by atoms with Gasteiger partial charge in [-0.1, -0.05) is 30.0 Å². The van der Waals surface area contributed by atoms with Crippen LogP contribution in [-0.4, -0.2) is 18.2 Å². The number of aromatic nitrogens is 2. The number of aryl methyl sites for hydroxylation is 1. The molecule has 0 spiro atoms. The summed E-state index contributed by atoms with van der Waals surface area (Å²) in [5.41, 5.74) is 0.222. The zero-order chi connectivity index (χ0) is 15.7. The van der Waals surface area contributed by atoms with Gasteiger partial charge in [0.25, 0.3) is 0 Å². The van der Waals surface area contributed by atoms with E-state index in [1.165, 1.54) is 10.9 Å². The molecule has 0 amide bonds. The van der Waals surface area contributed by atoms with Crippen molar-refractivity contribution in [1.29, 1.82) is 0 Å². The molecule has 0 atom stereocenters. The first-order valence-electron chi connectivity index (χ1n) is 6.57. The van der Waals surface area contributed by atoms with E-state index in [0.717, 1.165) is 0 Å². The van der Waals surface area contributed by atoms with Crippen LogP contribution in [0.15, 0.2) is 46.5 Å². The first-order valence-corrected chi connectivity index (χ1v) is 8.05. The second-order valence-electron chi connectivity index (χ2n) is 5.80. The Morgan fingerprint density at radius 1 is 1.14 bits per heavy atom. The van der Waals surface area contributed by atoms with E-state index < -0.39 is 9.84 Å². The molecule has 5 heteroatoms. The molecule has 0 unspecified atom stereocenters. The Morgan fingerprint density at radius 2 is 1.76 bits per heavy atom.